The molecule has 0 spiro atoms. The molecule has 1 fully saturated rings. The van der Waals surface area contributed by atoms with E-state index in [1.54, 1.807) is 0 Å². The fourth-order valence-electron chi connectivity index (χ4n) is 2.57. The molecule has 0 aliphatic carbocycles. The maximum Gasteiger partial charge on any atom is 0.293 e. The second kappa shape index (κ2) is 5.58. The third kappa shape index (κ3) is 2.55. The Morgan fingerprint density at radius 3 is 2.55 bits per heavy atom. The Labute approximate surface area is 117 Å². The quantitative estimate of drug-likeness (QED) is 0.608. The van der Waals surface area contributed by atoms with E-state index < -0.39 is 4.92 Å². The highest BCUT2D eigenvalue weighted by atomic mass is 16.6. The summed E-state index contributed by atoms with van der Waals surface area (Å²) in [4.78, 5) is 12.6. The Bertz CT molecular complexity index is 627. The topological polar surface area (TPSA) is 94.0 Å². The normalized spacial score (nSPS) is 18.1. The molecule has 1 aliphatic heterocycles. The Kier molecular flexibility index (Phi) is 3.86. The predicted octanol–water partition coefficient (Wildman–Crippen LogP) is 2.57. The van der Waals surface area contributed by atoms with Crippen LogP contribution in [0.25, 0.3) is 0 Å². The van der Waals surface area contributed by atoms with Gasteiger partial charge in [0.1, 0.15) is 17.8 Å². The molecule has 0 saturated carbocycles. The molecule has 1 heterocycles. The smallest absolute Gasteiger partial charge is 0.293 e. The molecule has 0 aromatic heterocycles. The maximum absolute atomic E-state index is 11.2. The third-order valence-electron chi connectivity index (χ3n) is 3.55. The molecule has 2 rings (SSSR count). The fourth-order valence-corrected chi connectivity index (χ4v) is 2.57. The van der Waals surface area contributed by atoms with Crippen LogP contribution >= 0.6 is 0 Å². The summed E-state index contributed by atoms with van der Waals surface area (Å²) in [5.41, 5.74) is 0.575. The van der Waals surface area contributed by atoms with Crippen LogP contribution in [0.5, 0.6) is 0 Å². The van der Waals surface area contributed by atoms with Crippen molar-refractivity contribution < 1.29 is 4.92 Å². The molecular weight excluding hydrogens is 256 g/mol. The summed E-state index contributed by atoms with van der Waals surface area (Å²) in [6, 6.07) is 6.44. The van der Waals surface area contributed by atoms with Gasteiger partial charge >= 0.3 is 0 Å². The van der Waals surface area contributed by atoms with E-state index in [1.165, 1.54) is 12.1 Å². The third-order valence-corrected chi connectivity index (χ3v) is 3.55. The van der Waals surface area contributed by atoms with Crippen LogP contribution < -0.4 is 4.90 Å². The molecule has 20 heavy (non-hydrogen) atoms. The summed E-state index contributed by atoms with van der Waals surface area (Å²) in [6.45, 7) is 3.58. The van der Waals surface area contributed by atoms with Crippen molar-refractivity contribution >= 4 is 11.4 Å². The largest absolute Gasteiger partial charge is 0.366 e. The Balaban J connectivity index is 2.53. The van der Waals surface area contributed by atoms with Gasteiger partial charge in [-0.2, -0.15) is 10.5 Å². The monoisotopic (exact) mass is 270 g/mol. The molecule has 0 N–H and O–H groups in total. The molecule has 6 heteroatoms. The maximum atomic E-state index is 11.2. The van der Waals surface area contributed by atoms with Crippen LogP contribution in [0.15, 0.2) is 12.1 Å². The number of benzene rings is 1. The second-order valence-corrected chi connectivity index (χ2v) is 5.06. The molecule has 1 aromatic rings. The summed E-state index contributed by atoms with van der Waals surface area (Å²) in [5, 5.41) is 29.2. The zero-order chi connectivity index (χ0) is 14.7. The highest BCUT2D eigenvalue weighted by Crippen LogP contribution is 2.33. The van der Waals surface area contributed by atoms with E-state index in [9.17, 15) is 10.1 Å². The van der Waals surface area contributed by atoms with E-state index in [-0.39, 0.29) is 16.8 Å². The van der Waals surface area contributed by atoms with E-state index in [2.05, 4.69) is 6.92 Å². The number of piperidine rings is 1. The van der Waals surface area contributed by atoms with Gasteiger partial charge in [0.05, 0.1) is 16.1 Å². The standard InChI is InChI=1S/C14H14N4O2/c1-10-3-2-4-17(9-10)13-5-11(7-15)12(8-16)6-14(13)18(19)20/h5-6,10H,2-4,9H2,1H3. The van der Waals surface area contributed by atoms with E-state index in [0.29, 0.717) is 11.6 Å². The first-order chi connectivity index (χ1) is 9.56. The summed E-state index contributed by atoms with van der Waals surface area (Å²) in [5.74, 6) is 0.463. The Morgan fingerprint density at radius 1 is 1.35 bits per heavy atom. The van der Waals surface area contributed by atoms with E-state index >= 15 is 0 Å². The lowest BCUT2D eigenvalue weighted by molar-refractivity contribution is -0.384. The van der Waals surface area contributed by atoms with Crippen LogP contribution in [-0.4, -0.2) is 18.0 Å². The molecule has 0 radical (unpaired) electrons. The van der Waals surface area contributed by atoms with Crippen LogP contribution in [0.4, 0.5) is 11.4 Å². The number of nitro groups is 1. The molecule has 1 aromatic carbocycles. The number of anilines is 1. The van der Waals surface area contributed by atoms with Gasteiger partial charge in [-0.3, -0.25) is 10.1 Å². The van der Waals surface area contributed by atoms with E-state index in [4.69, 9.17) is 10.5 Å². The zero-order valence-electron chi connectivity index (χ0n) is 11.2. The van der Waals surface area contributed by atoms with Crippen LogP contribution in [0, 0.1) is 38.7 Å². The van der Waals surface area contributed by atoms with Gasteiger partial charge in [-0.05, 0) is 24.8 Å². The molecular formula is C14H14N4O2. The SMILES string of the molecule is CC1CCCN(c2cc(C#N)c(C#N)cc2[N+](=O)[O-])C1. The minimum Gasteiger partial charge on any atom is -0.366 e. The van der Waals surface area contributed by atoms with Gasteiger partial charge in [0.15, 0.2) is 0 Å². The predicted molar refractivity (Wildman–Crippen MR) is 73.1 cm³/mol. The van der Waals surface area contributed by atoms with Gasteiger partial charge in [-0.25, -0.2) is 0 Å². The van der Waals surface area contributed by atoms with Gasteiger partial charge in [-0.1, -0.05) is 6.92 Å². The fraction of sp³-hybridized carbons (Fsp3) is 0.429. The van der Waals surface area contributed by atoms with E-state index in [1.807, 2.05) is 17.0 Å². The molecule has 1 atom stereocenters. The highest BCUT2D eigenvalue weighted by Gasteiger charge is 2.25. The molecule has 1 unspecified atom stereocenters. The summed E-state index contributed by atoms with van der Waals surface area (Å²) in [6.07, 6.45) is 2.08. The summed E-state index contributed by atoms with van der Waals surface area (Å²) >= 11 is 0. The van der Waals surface area contributed by atoms with Crippen LogP contribution in [0.1, 0.15) is 30.9 Å². The molecule has 0 bridgehead atoms. The zero-order valence-corrected chi connectivity index (χ0v) is 11.2. The Morgan fingerprint density at radius 2 is 2.00 bits per heavy atom. The number of rotatable bonds is 2. The second-order valence-electron chi connectivity index (χ2n) is 5.06. The number of nitrogens with zero attached hydrogens (tertiary/aromatic N) is 4. The van der Waals surface area contributed by atoms with Crippen molar-refractivity contribution in [3.05, 3.63) is 33.4 Å². The number of hydrogen-bond donors (Lipinski definition) is 0. The van der Waals surface area contributed by atoms with Crippen molar-refractivity contribution in [1.29, 1.82) is 10.5 Å². The molecule has 0 amide bonds. The Hall–Kier alpha value is -2.60. The lowest BCUT2D eigenvalue weighted by Gasteiger charge is -2.32. The first kappa shape index (κ1) is 13.8. The average molecular weight is 270 g/mol. The molecule has 102 valence electrons. The van der Waals surface area contributed by atoms with E-state index in [0.717, 1.165) is 25.9 Å². The van der Waals surface area contributed by atoms with Gasteiger partial charge < -0.3 is 4.90 Å². The molecule has 1 saturated heterocycles. The van der Waals surface area contributed by atoms with Crippen molar-refractivity contribution in [1.82, 2.24) is 0 Å². The van der Waals surface area contributed by atoms with Gasteiger partial charge in [-0.15, -0.1) is 0 Å². The molecule has 6 nitrogen and oxygen atoms in total. The van der Waals surface area contributed by atoms with Crippen molar-refractivity contribution in [2.75, 3.05) is 18.0 Å². The lowest BCUT2D eigenvalue weighted by atomic mass is 9.98. The minimum absolute atomic E-state index is 0.0491. The van der Waals surface area contributed by atoms with Crippen molar-refractivity contribution in [3.8, 4) is 12.1 Å². The number of nitro benzene ring substituents is 1. The van der Waals surface area contributed by atoms with Crippen molar-refractivity contribution in [2.24, 2.45) is 5.92 Å². The van der Waals surface area contributed by atoms with Gasteiger partial charge in [0.2, 0.25) is 0 Å². The summed E-state index contributed by atoms with van der Waals surface area (Å²) < 4.78 is 0. The lowest BCUT2D eigenvalue weighted by Crippen LogP contribution is -2.34. The minimum atomic E-state index is -0.489. The highest BCUT2D eigenvalue weighted by molar-refractivity contribution is 5.70. The van der Waals surface area contributed by atoms with Crippen molar-refractivity contribution in [2.45, 2.75) is 19.8 Å². The first-order valence-corrected chi connectivity index (χ1v) is 6.44. The van der Waals surface area contributed by atoms with Gasteiger partial charge in [0.25, 0.3) is 5.69 Å². The van der Waals surface area contributed by atoms with Gasteiger partial charge in [0, 0.05) is 19.2 Å². The van der Waals surface area contributed by atoms with Crippen molar-refractivity contribution in [3.63, 3.8) is 0 Å². The van der Waals surface area contributed by atoms with Crippen LogP contribution in [0.2, 0.25) is 0 Å². The van der Waals surface area contributed by atoms with Crippen LogP contribution in [-0.2, 0) is 0 Å². The summed E-state index contributed by atoms with van der Waals surface area (Å²) in [7, 11) is 0. The van der Waals surface area contributed by atoms with Crippen LogP contribution in [0.3, 0.4) is 0 Å². The number of nitriles is 2. The average Bonchev–Trinajstić information content (AvgIpc) is 2.45. The number of hydrogen-bond acceptors (Lipinski definition) is 5. The molecule has 1 aliphatic rings. The first-order valence-electron chi connectivity index (χ1n) is 6.44.